The summed E-state index contributed by atoms with van der Waals surface area (Å²) in [7, 11) is 1.57. The van der Waals surface area contributed by atoms with Crippen molar-refractivity contribution in [2.45, 2.75) is 37.5 Å². The fourth-order valence-corrected chi connectivity index (χ4v) is 3.52. The maximum atomic E-state index is 13.1. The van der Waals surface area contributed by atoms with Crippen molar-refractivity contribution in [2.75, 3.05) is 13.7 Å². The zero-order chi connectivity index (χ0) is 18.5. The lowest BCUT2D eigenvalue weighted by Gasteiger charge is -2.31. The molecular formula is C17H17F3N4O2. The average molecular weight is 366 g/mol. The van der Waals surface area contributed by atoms with Crippen LogP contribution < -0.4 is 4.74 Å². The number of aromatic nitrogens is 3. The number of alkyl halides is 3. The van der Waals surface area contributed by atoms with E-state index in [1.807, 2.05) is 24.3 Å². The van der Waals surface area contributed by atoms with Crippen LogP contribution in [0, 0.1) is 0 Å². The van der Waals surface area contributed by atoms with Crippen LogP contribution >= 0.6 is 0 Å². The van der Waals surface area contributed by atoms with Gasteiger partial charge in [0.1, 0.15) is 5.75 Å². The number of nitrogens with zero attached hydrogens (tertiary/aromatic N) is 4. The van der Waals surface area contributed by atoms with E-state index in [-0.39, 0.29) is 31.4 Å². The molecular weight excluding hydrogens is 349 g/mol. The average Bonchev–Trinajstić information content (AvgIpc) is 3.32. The van der Waals surface area contributed by atoms with Gasteiger partial charge >= 0.3 is 6.18 Å². The molecule has 0 unspecified atom stereocenters. The molecule has 0 bridgehead atoms. The summed E-state index contributed by atoms with van der Waals surface area (Å²) in [5.74, 6) is -0.241. The molecule has 26 heavy (non-hydrogen) atoms. The molecule has 0 radical (unpaired) electrons. The van der Waals surface area contributed by atoms with Crippen LogP contribution in [0.2, 0.25) is 0 Å². The Balaban J connectivity index is 1.57. The van der Waals surface area contributed by atoms with Crippen molar-refractivity contribution in [1.29, 1.82) is 0 Å². The maximum absolute atomic E-state index is 13.1. The summed E-state index contributed by atoms with van der Waals surface area (Å²) in [5, 5.41) is 6.89. The molecule has 1 aromatic heterocycles. The number of hydrogen-bond donors (Lipinski definition) is 0. The Bertz CT molecular complexity index is 858. The number of methoxy groups -OCH3 is 1. The van der Waals surface area contributed by atoms with Crippen molar-refractivity contribution in [3.8, 4) is 5.75 Å². The van der Waals surface area contributed by atoms with E-state index >= 15 is 0 Å². The Kier molecular flexibility index (Phi) is 3.71. The topological polar surface area (TPSA) is 60.2 Å². The molecule has 9 heteroatoms. The third-order valence-corrected chi connectivity index (χ3v) is 5.08. The van der Waals surface area contributed by atoms with Crippen molar-refractivity contribution in [1.82, 2.24) is 19.7 Å². The molecule has 6 nitrogen and oxygen atoms in total. The highest BCUT2D eigenvalue weighted by Gasteiger charge is 2.53. The van der Waals surface area contributed by atoms with Gasteiger partial charge in [-0.25, -0.2) is 0 Å². The molecule has 1 aromatic carbocycles. The molecule has 138 valence electrons. The number of carbonyl (C=O) groups is 1. The van der Waals surface area contributed by atoms with Crippen molar-refractivity contribution >= 4 is 5.91 Å². The first-order valence-corrected chi connectivity index (χ1v) is 8.28. The van der Waals surface area contributed by atoms with Gasteiger partial charge in [0.05, 0.1) is 19.1 Å². The largest absolute Gasteiger partial charge is 0.497 e. The molecule has 4 rings (SSSR count). The molecule has 1 aliphatic heterocycles. The predicted molar refractivity (Wildman–Crippen MR) is 84.3 cm³/mol. The van der Waals surface area contributed by atoms with E-state index in [2.05, 4.69) is 10.2 Å². The normalized spacial score (nSPS) is 18.4. The quantitative estimate of drug-likeness (QED) is 0.837. The molecule has 1 saturated carbocycles. The number of hydrogen-bond acceptors (Lipinski definition) is 4. The monoisotopic (exact) mass is 366 g/mol. The van der Waals surface area contributed by atoms with E-state index in [4.69, 9.17) is 4.74 Å². The van der Waals surface area contributed by atoms with Gasteiger partial charge in [0.25, 0.3) is 0 Å². The highest BCUT2D eigenvalue weighted by molar-refractivity contribution is 5.91. The zero-order valence-electron chi connectivity index (χ0n) is 14.1. The van der Waals surface area contributed by atoms with Crippen molar-refractivity contribution in [3.63, 3.8) is 0 Å². The minimum atomic E-state index is -4.55. The summed E-state index contributed by atoms with van der Waals surface area (Å²) in [6, 6.07) is 7.39. The van der Waals surface area contributed by atoms with E-state index in [1.54, 1.807) is 12.0 Å². The van der Waals surface area contributed by atoms with Gasteiger partial charge in [0, 0.05) is 13.1 Å². The maximum Gasteiger partial charge on any atom is 0.451 e. The number of carbonyl (C=O) groups excluding carboxylic acids is 1. The first kappa shape index (κ1) is 16.9. The van der Waals surface area contributed by atoms with Crippen molar-refractivity contribution < 1.29 is 22.7 Å². The van der Waals surface area contributed by atoms with Crippen LogP contribution in [0.25, 0.3) is 0 Å². The smallest absolute Gasteiger partial charge is 0.451 e. The van der Waals surface area contributed by atoms with E-state index in [9.17, 15) is 18.0 Å². The van der Waals surface area contributed by atoms with Crippen LogP contribution in [0.15, 0.2) is 24.3 Å². The Morgan fingerprint density at radius 3 is 2.65 bits per heavy atom. The van der Waals surface area contributed by atoms with Gasteiger partial charge in [-0.2, -0.15) is 13.2 Å². The Morgan fingerprint density at radius 1 is 1.23 bits per heavy atom. The SMILES string of the molecule is COc1cccc(C2(C(=O)N3CCn4c(nnc4C(F)(F)F)C3)CC2)c1. The summed E-state index contributed by atoms with van der Waals surface area (Å²) in [6.45, 7) is 0.281. The van der Waals surface area contributed by atoms with Crippen LogP contribution in [0.5, 0.6) is 5.75 Å². The van der Waals surface area contributed by atoms with Crippen LogP contribution in [-0.4, -0.2) is 39.2 Å². The molecule has 1 amide bonds. The summed E-state index contributed by atoms with van der Waals surface area (Å²) in [4.78, 5) is 14.7. The van der Waals surface area contributed by atoms with Gasteiger partial charge in [0.15, 0.2) is 5.82 Å². The summed E-state index contributed by atoms with van der Waals surface area (Å²) >= 11 is 0. The van der Waals surface area contributed by atoms with Gasteiger partial charge < -0.3 is 14.2 Å². The first-order valence-electron chi connectivity index (χ1n) is 8.28. The molecule has 2 heterocycles. The third kappa shape index (κ3) is 2.62. The summed E-state index contributed by atoms with van der Waals surface area (Å²) < 4.78 is 45.1. The zero-order valence-corrected chi connectivity index (χ0v) is 14.1. The first-order chi connectivity index (χ1) is 12.3. The summed E-state index contributed by atoms with van der Waals surface area (Å²) in [5.41, 5.74) is 0.272. The van der Waals surface area contributed by atoms with E-state index in [1.165, 1.54) is 0 Å². The van der Waals surface area contributed by atoms with Crippen molar-refractivity contribution in [2.24, 2.45) is 0 Å². The Morgan fingerprint density at radius 2 is 2.00 bits per heavy atom. The molecule has 0 spiro atoms. The lowest BCUT2D eigenvalue weighted by atomic mass is 9.93. The number of amides is 1. The van der Waals surface area contributed by atoms with Crippen molar-refractivity contribution in [3.05, 3.63) is 41.5 Å². The van der Waals surface area contributed by atoms with Crippen LogP contribution in [-0.2, 0) is 29.5 Å². The Hall–Kier alpha value is -2.58. The number of halogens is 3. The number of benzene rings is 1. The number of ether oxygens (including phenoxy) is 1. The predicted octanol–water partition coefficient (Wildman–Crippen LogP) is 2.38. The van der Waals surface area contributed by atoms with Gasteiger partial charge in [-0.3, -0.25) is 4.79 Å². The lowest BCUT2D eigenvalue weighted by Crippen LogP contribution is -2.44. The molecule has 1 aliphatic carbocycles. The second kappa shape index (κ2) is 5.72. The van der Waals surface area contributed by atoms with Crippen LogP contribution in [0.3, 0.4) is 0 Å². The molecule has 1 fully saturated rings. The van der Waals surface area contributed by atoms with Gasteiger partial charge in [-0.05, 0) is 30.5 Å². The van der Waals surface area contributed by atoms with E-state index < -0.39 is 17.4 Å². The fraction of sp³-hybridized carbons (Fsp3) is 0.471. The standard InChI is InChI=1S/C17H17F3N4O2/c1-26-12-4-2-3-11(9-12)16(5-6-16)15(25)23-7-8-24-13(10-23)21-22-14(24)17(18,19)20/h2-4,9H,5-8,10H2,1H3. The van der Waals surface area contributed by atoms with E-state index in [0.29, 0.717) is 5.75 Å². The summed E-state index contributed by atoms with van der Waals surface area (Å²) in [6.07, 6.45) is -3.11. The highest BCUT2D eigenvalue weighted by atomic mass is 19.4. The lowest BCUT2D eigenvalue weighted by molar-refractivity contribution is -0.148. The van der Waals surface area contributed by atoms with Gasteiger partial charge in [0.2, 0.25) is 11.7 Å². The van der Waals surface area contributed by atoms with Gasteiger partial charge in [-0.1, -0.05) is 12.1 Å². The van der Waals surface area contributed by atoms with Crippen LogP contribution in [0.4, 0.5) is 13.2 Å². The molecule has 2 aromatic rings. The Labute approximate surface area is 147 Å². The second-order valence-electron chi connectivity index (χ2n) is 6.63. The molecule has 0 atom stereocenters. The van der Waals surface area contributed by atoms with E-state index in [0.717, 1.165) is 23.0 Å². The highest BCUT2D eigenvalue weighted by Crippen LogP contribution is 2.50. The molecule has 0 N–H and O–H groups in total. The number of rotatable bonds is 3. The second-order valence-corrected chi connectivity index (χ2v) is 6.63. The number of fused-ring (bicyclic) bond motifs is 1. The third-order valence-electron chi connectivity index (χ3n) is 5.08. The molecule has 2 aliphatic rings. The minimum absolute atomic E-state index is 0.0353. The van der Waals surface area contributed by atoms with Gasteiger partial charge in [-0.15, -0.1) is 10.2 Å². The van der Waals surface area contributed by atoms with Crippen LogP contribution in [0.1, 0.15) is 30.1 Å². The minimum Gasteiger partial charge on any atom is -0.497 e. The fourth-order valence-electron chi connectivity index (χ4n) is 3.52. The molecule has 0 saturated heterocycles.